The van der Waals surface area contributed by atoms with Gasteiger partial charge in [0.1, 0.15) is 17.0 Å². The van der Waals surface area contributed by atoms with Gasteiger partial charge < -0.3 is 10.5 Å². The van der Waals surface area contributed by atoms with Gasteiger partial charge in [0, 0.05) is 16.5 Å². The van der Waals surface area contributed by atoms with Gasteiger partial charge in [-0.1, -0.05) is 53.5 Å². The van der Waals surface area contributed by atoms with Crippen LogP contribution in [-0.4, -0.2) is 5.71 Å². The molecule has 0 saturated carbocycles. The van der Waals surface area contributed by atoms with Gasteiger partial charge in [-0.2, -0.15) is 0 Å². The number of hydrogen-bond acceptors (Lipinski definition) is 3. The van der Waals surface area contributed by atoms with Gasteiger partial charge in [0.2, 0.25) is 0 Å². The zero-order chi connectivity index (χ0) is 19.0. The monoisotopic (exact) mass is 396 g/mol. The molecule has 1 unspecified atom stereocenters. The molecule has 0 fully saturated rings. The summed E-state index contributed by atoms with van der Waals surface area (Å²) in [6.45, 7) is 2.06. The topological polar surface area (TPSA) is 47.6 Å². The SMILES string of the molecule is CC1(c2ccc(Cl)cc2)CC(c2ccc(Cl)cc2)=Nc2c(N)cccc2O1. The van der Waals surface area contributed by atoms with Crippen molar-refractivity contribution < 1.29 is 4.74 Å². The van der Waals surface area contributed by atoms with E-state index in [9.17, 15) is 0 Å². The second-order valence-corrected chi connectivity index (χ2v) is 7.65. The minimum Gasteiger partial charge on any atom is -0.480 e. The molecule has 0 bridgehead atoms. The number of nitrogen functional groups attached to an aromatic ring is 1. The number of nitrogens with zero attached hydrogens (tertiary/aromatic N) is 1. The second kappa shape index (κ2) is 6.91. The molecule has 5 heteroatoms. The van der Waals surface area contributed by atoms with E-state index in [1.165, 1.54) is 0 Å². The number of ether oxygens (including phenoxy) is 1. The first-order valence-corrected chi connectivity index (χ1v) is 9.37. The summed E-state index contributed by atoms with van der Waals surface area (Å²) in [4.78, 5) is 4.87. The van der Waals surface area contributed by atoms with Gasteiger partial charge in [-0.3, -0.25) is 0 Å². The molecule has 136 valence electrons. The van der Waals surface area contributed by atoms with E-state index in [0.717, 1.165) is 16.8 Å². The van der Waals surface area contributed by atoms with Crippen LogP contribution in [0.15, 0.2) is 71.7 Å². The van der Waals surface area contributed by atoms with Gasteiger partial charge in [-0.15, -0.1) is 0 Å². The fourth-order valence-corrected chi connectivity index (χ4v) is 3.54. The molecule has 4 rings (SSSR count). The van der Waals surface area contributed by atoms with Crippen molar-refractivity contribution in [3.05, 3.63) is 87.9 Å². The van der Waals surface area contributed by atoms with Gasteiger partial charge in [0.05, 0.1) is 11.4 Å². The quantitative estimate of drug-likeness (QED) is 0.509. The standard InChI is InChI=1S/C22H18Cl2N2O/c1-22(15-7-11-17(24)12-8-15)13-19(14-5-9-16(23)10-6-14)26-21-18(25)3-2-4-20(21)27-22/h2-12H,13,25H2,1H3. The molecule has 0 radical (unpaired) electrons. The third-order valence-corrected chi connectivity index (χ3v) is 5.25. The van der Waals surface area contributed by atoms with Crippen LogP contribution in [0.25, 0.3) is 0 Å². The molecular weight excluding hydrogens is 379 g/mol. The van der Waals surface area contributed by atoms with Gasteiger partial charge in [0.15, 0.2) is 0 Å². The lowest BCUT2D eigenvalue weighted by molar-refractivity contribution is 0.0980. The Balaban J connectivity index is 1.88. The highest BCUT2D eigenvalue weighted by molar-refractivity contribution is 6.31. The average molecular weight is 397 g/mol. The molecule has 0 aliphatic carbocycles. The molecule has 3 aromatic rings. The highest BCUT2D eigenvalue weighted by Gasteiger charge is 2.34. The van der Waals surface area contributed by atoms with Crippen molar-refractivity contribution in [1.29, 1.82) is 0 Å². The van der Waals surface area contributed by atoms with Crippen LogP contribution in [0.1, 0.15) is 24.5 Å². The maximum Gasteiger partial charge on any atom is 0.148 e. The number of nitrogens with two attached hydrogens (primary N) is 1. The van der Waals surface area contributed by atoms with Crippen molar-refractivity contribution in [1.82, 2.24) is 0 Å². The summed E-state index contributed by atoms with van der Waals surface area (Å²) in [6, 6.07) is 21.0. The lowest BCUT2D eigenvalue weighted by Gasteiger charge is -2.30. The first kappa shape index (κ1) is 17.9. The van der Waals surface area contributed by atoms with E-state index in [2.05, 4.69) is 6.92 Å². The Morgan fingerprint density at radius 3 is 2.22 bits per heavy atom. The van der Waals surface area contributed by atoms with Crippen molar-refractivity contribution in [3.63, 3.8) is 0 Å². The molecule has 0 amide bonds. The van der Waals surface area contributed by atoms with Crippen LogP contribution in [0.5, 0.6) is 5.75 Å². The molecule has 1 aliphatic heterocycles. The Hall–Kier alpha value is -2.49. The van der Waals surface area contributed by atoms with Gasteiger partial charge in [0.25, 0.3) is 0 Å². The normalized spacial score (nSPS) is 18.9. The number of benzene rings is 3. The predicted octanol–water partition coefficient (Wildman–Crippen LogP) is 6.39. The number of rotatable bonds is 2. The van der Waals surface area contributed by atoms with Crippen LogP contribution in [-0.2, 0) is 5.60 Å². The van der Waals surface area contributed by atoms with Gasteiger partial charge in [-0.05, 0) is 54.4 Å². The maximum atomic E-state index is 6.46. The molecule has 1 aliphatic rings. The minimum absolute atomic E-state index is 0.574. The van der Waals surface area contributed by atoms with Crippen LogP contribution >= 0.6 is 23.2 Å². The van der Waals surface area contributed by atoms with Crippen LogP contribution in [0.4, 0.5) is 11.4 Å². The second-order valence-electron chi connectivity index (χ2n) is 6.78. The molecular formula is C22H18Cl2N2O. The summed E-state index contributed by atoms with van der Waals surface area (Å²) in [5, 5.41) is 1.37. The summed E-state index contributed by atoms with van der Waals surface area (Å²) in [7, 11) is 0. The largest absolute Gasteiger partial charge is 0.480 e. The summed E-state index contributed by atoms with van der Waals surface area (Å²) in [5.41, 5.74) is 9.70. The average Bonchev–Trinajstić information content (AvgIpc) is 2.80. The van der Waals surface area contributed by atoms with E-state index in [1.54, 1.807) is 0 Å². The van der Waals surface area contributed by atoms with E-state index in [-0.39, 0.29) is 0 Å². The molecule has 27 heavy (non-hydrogen) atoms. The van der Waals surface area contributed by atoms with Crippen LogP contribution in [0.2, 0.25) is 10.0 Å². The first-order valence-electron chi connectivity index (χ1n) is 8.62. The van der Waals surface area contributed by atoms with E-state index < -0.39 is 5.60 Å². The fraction of sp³-hybridized carbons (Fsp3) is 0.136. The number of fused-ring (bicyclic) bond motifs is 1. The third-order valence-electron chi connectivity index (χ3n) is 4.75. The van der Waals surface area contributed by atoms with Crippen molar-refractivity contribution in [2.24, 2.45) is 4.99 Å². The Morgan fingerprint density at radius 2 is 1.56 bits per heavy atom. The van der Waals surface area contributed by atoms with Crippen LogP contribution in [0.3, 0.4) is 0 Å². The molecule has 2 N–H and O–H groups in total. The number of aliphatic imine (C=N–C) groups is 1. The number of halogens is 2. The molecule has 1 atom stereocenters. The van der Waals surface area contributed by atoms with Crippen molar-refractivity contribution >= 4 is 40.3 Å². The zero-order valence-electron chi connectivity index (χ0n) is 14.7. The summed E-state index contributed by atoms with van der Waals surface area (Å²) in [6.07, 6.45) is 0.574. The first-order chi connectivity index (χ1) is 12.9. The maximum absolute atomic E-state index is 6.46. The van der Waals surface area contributed by atoms with E-state index in [0.29, 0.717) is 33.6 Å². The third kappa shape index (κ3) is 3.53. The zero-order valence-corrected chi connectivity index (χ0v) is 16.3. The predicted molar refractivity (Wildman–Crippen MR) is 113 cm³/mol. The fourth-order valence-electron chi connectivity index (χ4n) is 3.29. The van der Waals surface area contributed by atoms with E-state index >= 15 is 0 Å². The minimum atomic E-state index is -0.623. The number of para-hydroxylation sites is 1. The summed E-state index contributed by atoms with van der Waals surface area (Å²) >= 11 is 12.1. The highest BCUT2D eigenvalue weighted by atomic mass is 35.5. The number of anilines is 1. The van der Waals surface area contributed by atoms with Crippen molar-refractivity contribution in [2.75, 3.05) is 5.73 Å². The Bertz CT molecular complexity index is 1010. The lowest BCUT2D eigenvalue weighted by atomic mass is 9.88. The molecule has 3 nitrogen and oxygen atoms in total. The molecule has 1 heterocycles. The van der Waals surface area contributed by atoms with Crippen LogP contribution in [0, 0.1) is 0 Å². The molecule has 0 saturated heterocycles. The van der Waals surface area contributed by atoms with Gasteiger partial charge >= 0.3 is 0 Å². The van der Waals surface area contributed by atoms with Crippen LogP contribution < -0.4 is 10.5 Å². The molecule has 0 aromatic heterocycles. The van der Waals surface area contributed by atoms with Crippen molar-refractivity contribution in [3.8, 4) is 5.75 Å². The van der Waals surface area contributed by atoms with E-state index in [4.69, 9.17) is 38.7 Å². The molecule has 3 aromatic carbocycles. The summed E-state index contributed by atoms with van der Waals surface area (Å²) < 4.78 is 6.46. The summed E-state index contributed by atoms with van der Waals surface area (Å²) in [5.74, 6) is 0.663. The van der Waals surface area contributed by atoms with Crippen molar-refractivity contribution in [2.45, 2.75) is 18.9 Å². The molecule has 0 spiro atoms. The highest BCUT2D eigenvalue weighted by Crippen LogP contribution is 2.43. The lowest BCUT2D eigenvalue weighted by Crippen LogP contribution is -2.31. The number of hydrogen-bond donors (Lipinski definition) is 1. The van der Waals surface area contributed by atoms with Gasteiger partial charge in [-0.25, -0.2) is 4.99 Å². The smallest absolute Gasteiger partial charge is 0.148 e. The Kier molecular flexibility index (Phi) is 4.58. The Morgan fingerprint density at radius 1 is 0.926 bits per heavy atom. The Labute approximate surface area is 168 Å². The van der Waals surface area contributed by atoms with E-state index in [1.807, 2.05) is 66.7 Å².